The molecule has 2 aromatic carbocycles. The molecule has 1 aliphatic rings. The smallest absolute Gasteiger partial charge is 0.193 e. The molecule has 4 heteroatoms. The number of halogens is 1. The van der Waals surface area contributed by atoms with Crippen LogP contribution in [0.4, 0.5) is 4.39 Å². The lowest BCUT2D eigenvalue weighted by Gasteiger charge is -2.42. The maximum absolute atomic E-state index is 16.2. The Kier molecular flexibility index (Phi) is 5.74. The number of benzene rings is 2. The zero-order chi connectivity index (χ0) is 19.7. The molecule has 0 amide bonds. The highest BCUT2D eigenvalue weighted by Gasteiger charge is 2.53. The molecule has 1 N–H and O–H groups in total. The van der Waals surface area contributed by atoms with Crippen LogP contribution in [0.15, 0.2) is 72.3 Å². The van der Waals surface area contributed by atoms with Gasteiger partial charge in [-0.05, 0) is 37.2 Å². The fourth-order valence-corrected chi connectivity index (χ4v) is 6.91. The summed E-state index contributed by atoms with van der Waals surface area (Å²) in [5, 5.41) is 12.4. The summed E-state index contributed by atoms with van der Waals surface area (Å²) in [6.07, 6.45) is 3.03. The van der Waals surface area contributed by atoms with Crippen LogP contribution in [0.3, 0.4) is 0 Å². The summed E-state index contributed by atoms with van der Waals surface area (Å²) in [5.74, 6) is -1.41. The summed E-state index contributed by atoms with van der Waals surface area (Å²) in [7, 11) is -3.70. The Bertz CT molecular complexity index is 804. The fraction of sp³-hybridized carbons (Fsp3) is 0.391. The molecule has 1 aliphatic carbocycles. The van der Waals surface area contributed by atoms with Gasteiger partial charge in [-0.25, -0.2) is 4.39 Å². The summed E-state index contributed by atoms with van der Waals surface area (Å²) < 4.78 is 30.5. The molecular weight excluding hydrogens is 358 g/mol. The van der Waals surface area contributed by atoms with E-state index in [9.17, 15) is 9.67 Å². The van der Waals surface area contributed by atoms with Crippen LogP contribution < -0.4 is 10.6 Å². The summed E-state index contributed by atoms with van der Waals surface area (Å²) >= 11 is 0. The minimum atomic E-state index is -3.70. The van der Waals surface area contributed by atoms with E-state index < -0.39 is 18.7 Å². The third-order valence-corrected chi connectivity index (χ3v) is 9.11. The molecule has 0 spiro atoms. The lowest BCUT2D eigenvalue weighted by Crippen LogP contribution is -2.48. The van der Waals surface area contributed by atoms with E-state index in [1.54, 1.807) is 55.5 Å². The molecule has 0 radical (unpaired) electrons. The van der Waals surface area contributed by atoms with Crippen LogP contribution in [0.1, 0.15) is 33.6 Å². The van der Waals surface area contributed by atoms with Crippen LogP contribution in [0.2, 0.25) is 0 Å². The van der Waals surface area contributed by atoms with Crippen molar-refractivity contribution in [3.05, 3.63) is 72.3 Å². The van der Waals surface area contributed by atoms with E-state index in [4.69, 9.17) is 0 Å². The van der Waals surface area contributed by atoms with Gasteiger partial charge in [0.15, 0.2) is 13.1 Å². The topological polar surface area (TPSA) is 37.3 Å². The number of aliphatic hydroxyl groups is 1. The lowest BCUT2D eigenvalue weighted by atomic mass is 9.74. The van der Waals surface area contributed by atoms with Gasteiger partial charge in [0.2, 0.25) is 0 Å². The van der Waals surface area contributed by atoms with Gasteiger partial charge in [-0.3, -0.25) is 0 Å². The largest absolute Gasteiger partial charge is 0.382 e. The van der Waals surface area contributed by atoms with Gasteiger partial charge in [0.1, 0.15) is 5.60 Å². The summed E-state index contributed by atoms with van der Waals surface area (Å²) in [4.78, 5) is 0. The molecule has 2 aromatic rings. The van der Waals surface area contributed by atoms with E-state index >= 15 is 4.39 Å². The molecule has 3 atom stereocenters. The molecule has 0 saturated heterocycles. The fourth-order valence-electron chi connectivity index (χ4n) is 3.95. The Morgan fingerprint density at radius 1 is 1.04 bits per heavy atom. The van der Waals surface area contributed by atoms with Crippen molar-refractivity contribution in [3.63, 3.8) is 0 Å². The quantitative estimate of drug-likeness (QED) is 0.577. The minimum absolute atomic E-state index is 0.164. The normalized spacial score (nSPS) is 24.5. The Labute approximate surface area is 161 Å². The van der Waals surface area contributed by atoms with E-state index in [0.29, 0.717) is 22.1 Å². The third kappa shape index (κ3) is 3.56. The molecule has 2 nitrogen and oxygen atoms in total. The highest BCUT2D eigenvalue weighted by molar-refractivity contribution is 7.79. The molecule has 0 aromatic heterocycles. The summed E-state index contributed by atoms with van der Waals surface area (Å²) in [5.41, 5.74) is -1.15. The van der Waals surface area contributed by atoms with Crippen molar-refractivity contribution in [2.24, 2.45) is 11.8 Å². The van der Waals surface area contributed by atoms with E-state index in [1.165, 1.54) is 0 Å². The molecule has 0 saturated carbocycles. The summed E-state index contributed by atoms with van der Waals surface area (Å²) in [6, 6.07) is 17.5. The Morgan fingerprint density at radius 3 is 1.96 bits per heavy atom. The predicted octanol–water partition coefficient (Wildman–Crippen LogP) is 5.04. The van der Waals surface area contributed by atoms with Crippen molar-refractivity contribution in [1.29, 1.82) is 0 Å². The van der Waals surface area contributed by atoms with Gasteiger partial charge in [0.25, 0.3) is 0 Å². The highest BCUT2D eigenvalue weighted by Crippen LogP contribution is 2.57. The third-order valence-electron chi connectivity index (χ3n) is 5.92. The van der Waals surface area contributed by atoms with Gasteiger partial charge < -0.3 is 9.67 Å². The second kappa shape index (κ2) is 7.73. The predicted molar refractivity (Wildman–Crippen MR) is 111 cm³/mol. The van der Waals surface area contributed by atoms with E-state index in [2.05, 4.69) is 13.8 Å². The monoisotopic (exact) mass is 386 g/mol. The average molecular weight is 386 g/mol. The van der Waals surface area contributed by atoms with Gasteiger partial charge in [-0.2, -0.15) is 0 Å². The zero-order valence-corrected chi connectivity index (χ0v) is 17.1. The van der Waals surface area contributed by atoms with Crippen molar-refractivity contribution in [3.8, 4) is 0 Å². The Balaban J connectivity index is 2.14. The van der Waals surface area contributed by atoms with Gasteiger partial charge in [0.05, 0.1) is 0 Å². The van der Waals surface area contributed by atoms with Crippen molar-refractivity contribution in [2.75, 3.05) is 0 Å². The zero-order valence-electron chi connectivity index (χ0n) is 16.2. The maximum Gasteiger partial charge on any atom is 0.193 e. The minimum Gasteiger partial charge on any atom is -0.382 e. The van der Waals surface area contributed by atoms with Crippen LogP contribution in [0, 0.1) is 11.8 Å². The van der Waals surface area contributed by atoms with Crippen molar-refractivity contribution in [2.45, 2.75) is 45.1 Å². The first kappa shape index (κ1) is 20.0. The van der Waals surface area contributed by atoms with Crippen LogP contribution in [-0.2, 0) is 4.57 Å². The lowest BCUT2D eigenvalue weighted by molar-refractivity contribution is -0.00343. The number of hydrogen-bond donors (Lipinski definition) is 1. The van der Waals surface area contributed by atoms with Gasteiger partial charge in [-0.1, -0.05) is 80.6 Å². The molecule has 0 heterocycles. The summed E-state index contributed by atoms with van der Waals surface area (Å²) in [6.45, 7) is 5.92. The van der Waals surface area contributed by atoms with Gasteiger partial charge in [0, 0.05) is 10.6 Å². The Hall–Kier alpha value is -1.70. The van der Waals surface area contributed by atoms with Crippen LogP contribution in [0.5, 0.6) is 0 Å². The van der Waals surface area contributed by atoms with Crippen LogP contribution in [-0.4, -0.2) is 16.6 Å². The number of rotatable bonds is 5. The van der Waals surface area contributed by atoms with Crippen molar-refractivity contribution < 1.29 is 14.1 Å². The van der Waals surface area contributed by atoms with Crippen LogP contribution in [0.25, 0.3) is 0 Å². The molecule has 0 unspecified atom stereocenters. The number of allylic oxidation sites excluding steroid dienone is 1. The first-order valence-corrected chi connectivity index (χ1v) is 11.3. The molecule has 0 bridgehead atoms. The van der Waals surface area contributed by atoms with Crippen molar-refractivity contribution in [1.82, 2.24) is 0 Å². The number of hydrogen-bond acceptors (Lipinski definition) is 2. The van der Waals surface area contributed by atoms with Gasteiger partial charge in [-0.15, -0.1) is 0 Å². The molecule has 27 heavy (non-hydrogen) atoms. The van der Waals surface area contributed by atoms with E-state index in [1.807, 2.05) is 18.2 Å². The molecule has 144 valence electrons. The van der Waals surface area contributed by atoms with E-state index in [0.717, 1.165) is 6.42 Å². The highest BCUT2D eigenvalue weighted by atomic mass is 31.2. The second-order valence-electron chi connectivity index (χ2n) is 7.92. The number of alkyl halides is 1. The van der Waals surface area contributed by atoms with Crippen LogP contribution >= 0.6 is 7.14 Å². The SMILES string of the molecule is CC1=CC[C@@H](C(C)C)C[C@@]1(O)[C@H](F)P(=O)(c1ccccc1)c1ccccc1. The van der Waals surface area contributed by atoms with E-state index in [-0.39, 0.29) is 12.3 Å². The van der Waals surface area contributed by atoms with Gasteiger partial charge >= 0.3 is 0 Å². The first-order chi connectivity index (χ1) is 12.8. The second-order valence-corrected chi connectivity index (χ2v) is 10.7. The Morgan fingerprint density at radius 2 is 1.52 bits per heavy atom. The maximum atomic E-state index is 16.2. The first-order valence-electron chi connectivity index (χ1n) is 9.54. The average Bonchev–Trinajstić information content (AvgIpc) is 2.70. The standard InChI is InChI=1S/C23H28FO2P/c1-17(2)19-15-14-18(3)23(25,16-19)22(24)27(26,20-10-6-4-7-11-20)21-12-8-5-9-13-21/h4-14,17,19,22,25H,15-16H2,1-3H3/t19-,22-,23+/m1/s1. The molecule has 0 fully saturated rings. The molecule has 3 rings (SSSR count). The molecular formula is C23H28FO2P. The molecule has 0 aliphatic heterocycles. The van der Waals surface area contributed by atoms with Crippen molar-refractivity contribution >= 4 is 17.8 Å².